The number of hydrogen-bond donors (Lipinski definition) is 0. The molecule has 0 spiro atoms. The molecule has 10 heteroatoms. The SMILES string of the molecule is COC(=O)N(C)C1CCC(n2cnc3cnc4c(ccn4S(=O)(=O)c4ccccc4)c32)CC1. The number of hydrogen-bond acceptors (Lipinski definition) is 6. The molecule has 0 atom stereocenters. The van der Waals surface area contributed by atoms with E-state index in [1.165, 1.54) is 11.1 Å². The minimum Gasteiger partial charge on any atom is -0.453 e. The Hall–Kier alpha value is -3.40. The fourth-order valence-electron chi connectivity index (χ4n) is 4.78. The van der Waals surface area contributed by atoms with Gasteiger partial charge in [-0.05, 0) is 43.9 Å². The molecule has 33 heavy (non-hydrogen) atoms. The zero-order valence-corrected chi connectivity index (χ0v) is 19.3. The van der Waals surface area contributed by atoms with Crippen LogP contribution in [0.3, 0.4) is 0 Å². The molecule has 1 aliphatic carbocycles. The third kappa shape index (κ3) is 3.54. The smallest absolute Gasteiger partial charge is 0.409 e. The standard InChI is InChI=1S/C23H25N5O4S/c1-26(23(29)32-2)16-8-10-17(11-9-16)27-15-25-20-14-24-22-19(21(20)27)12-13-28(22)33(30,31)18-6-4-3-5-7-18/h3-7,12-17H,8-11H2,1-2H3. The van der Waals surface area contributed by atoms with Crippen LogP contribution in [-0.2, 0) is 14.8 Å². The van der Waals surface area contributed by atoms with E-state index < -0.39 is 10.0 Å². The van der Waals surface area contributed by atoms with Gasteiger partial charge in [0.1, 0.15) is 5.52 Å². The number of aromatic nitrogens is 4. The van der Waals surface area contributed by atoms with Crippen molar-refractivity contribution in [2.24, 2.45) is 0 Å². The predicted molar refractivity (Wildman–Crippen MR) is 124 cm³/mol. The summed E-state index contributed by atoms with van der Waals surface area (Å²) in [6.07, 6.45) is 8.14. The fourth-order valence-corrected chi connectivity index (χ4v) is 6.10. The maximum absolute atomic E-state index is 13.2. The molecule has 1 amide bonds. The summed E-state index contributed by atoms with van der Waals surface area (Å²) in [7, 11) is -0.597. The number of carbonyl (C=O) groups is 1. The molecular formula is C23H25N5O4S. The van der Waals surface area contributed by atoms with E-state index in [0.717, 1.165) is 42.1 Å². The molecule has 0 unspecified atom stereocenters. The molecule has 4 aromatic rings. The van der Waals surface area contributed by atoms with Gasteiger partial charge in [-0.15, -0.1) is 0 Å². The number of benzene rings is 1. The Morgan fingerprint density at radius 3 is 2.52 bits per heavy atom. The molecule has 0 radical (unpaired) electrons. The van der Waals surface area contributed by atoms with Gasteiger partial charge in [-0.2, -0.15) is 0 Å². The number of ether oxygens (including phenoxy) is 1. The van der Waals surface area contributed by atoms with Crippen LogP contribution in [0.5, 0.6) is 0 Å². The lowest BCUT2D eigenvalue weighted by atomic mass is 9.90. The largest absolute Gasteiger partial charge is 0.453 e. The first kappa shape index (κ1) is 21.4. The Morgan fingerprint density at radius 1 is 1.09 bits per heavy atom. The van der Waals surface area contributed by atoms with Gasteiger partial charge in [0.15, 0.2) is 5.65 Å². The van der Waals surface area contributed by atoms with Gasteiger partial charge in [-0.25, -0.2) is 27.2 Å². The molecule has 172 valence electrons. The van der Waals surface area contributed by atoms with Gasteiger partial charge in [0.05, 0.1) is 30.0 Å². The number of nitrogens with zero attached hydrogens (tertiary/aromatic N) is 5. The average Bonchev–Trinajstić information content (AvgIpc) is 3.48. The van der Waals surface area contributed by atoms with Crippen LogP contribution >= 0.6 is 0 Å². The van der Waals surface area contributed by atoms with Crippen LogP contribution in [0, 0.1) is 0 Å². The van der Waals surface area contributed by atoms with Crippen molar-refractivity contribution in [3.63, 3.8) is 0 Å². The van der Waals surface area contributed by atoms with E-state index in [4.69, 9.17) is 4.74 Å². The summed E-state index contributed by atoms with van der Waals surface area (Å²) in [4.78, 5) is 22.7. The topological polar surface area (TPSA) is 99.3 Å². The summed E-state index contributed by atoms with van der Waals surface area (Å²) in [6.45, 7) is 0. The summed E-state index contributed by atoms with van der Waals surface area (Å²) in [6, 6.07) is 10.5. The van der Waals surface area contributed by atoms with Crippen molar-refractivity contribution >= 4 is 38.2 Å². The lowest BCUT2D eigenvalue weighted by Crippen LogP contribution is -2.39. The number of fused-ring (bicyclic) bond motifs is 3. The van der Waals surface area contributed by atoms with E-state index >= 15 is 0 Å². The van der Waals surface area contributed by atoms with Crippen molar-refractivity contribution < 1.29 is 17.9 Å². The Balaban J connectivity index is 1.50. The van der Waals surface area contributed by atoms with Crippen LogP contribution < -0.4 is 0 Å². The van der Waals surface area contributed by atoms with Crippen molar-refractivity contribution in [3.8, 4) is 0 Å². The monoisotopic (exact) mass is 467 g/mol. The van der Waals surface area contributed by atoms with Crippen LogP contribution in [0.25, 0.3) is 22.1 Å². The lowest BCUT2D eigenvalue weighted by molar-refractivity contribution is 0.102. The minimum absolute atomic E-state index is 0.141. The maximum Gasteiger partial charge on any atom is 0.409 e. The van der Waals surface area contributed by atoms with Gasteiger partial charge in [0.25, 0.3) is 10.0 Å². The second-order valence-electron chi connectivity index (χ2n) is 8.35. The van der Waals surface area contributed by atoms with Crippen molar-refractivity contribution in [1.82, 2.24) is 23.4 Å². The fraction of sp³-hybridized carbons (Fsp3) is 0.348. The van der Waals surface area contributed by atoms with Gasteiger partial charge in [0.2, 0.25) is 0 Å². The zero-order chi connectivity index (χ0) is 23.2. The van der Waals surface area contributed by atoms with E-state index in [-0.39, 0.29) is 23.1 Å². The Kier molecular flexibility index (Phi) is 5.32. The first-order chi connectivity index (χ1) is 15.9. The van der Waals surface area contributed by atoms with E-state index in [9.17, 15) is 13.2 Å². The van der Waals surface area contributed by atoms with Crippen LogP contribution in [0.4, 0.5) is 4.79 Å². The van der Waals surface area contributed by atoms with Gasteiger partial charge in [0, 0.05) is 30.7 Å². The van der Waals surface area contributed by atoms with Gasteiger partial charge >= 0.3 is 6.09 Å². The molecule has 3 aromatic heterocycles. The summed E-state index contributed by atoms with van der Waals surface area (Å²) in [5.74, 6) is 0. The van der Waals surface area contributed by atoms with E-state index in [1.54, 1.807) is 60.7 Å². The first-order valence-corrected chi connectivity index (χ1v) is 12.3. The molecule has 3 heterocycles. The van der Waals surface area contributed by atoms with Crippen molar-refractivity contribution in [1.29, 1.82) is 0 Å². The summed E-state index contributed by atoms with van der Waals surface area (Å²) < 4.78 is 34.6. The van der Waals surface area contributed by atoms with Crippen LogP contribution in [-0.4, -0.2) is 58.1 Å². The van der Waals surface area contributed by atoms with Crippen LogP contribution in [0.15, 0.2) is 60.0 Å². The highest BCUT2D eigenvalue weighted by Crippen LogP contribution is 2.35. The van der Waals surface area contributed by atoms with E-state index in [2.05, 4.69) is 14.5 Å². The summed E-state index contributed by atoms with van der Waals surface area (Å²) in [5, 5.41) is 0.748. The summed E-state index contributed by atoms with van der Waals surface area (Å²) >= 11 is 0. The lowest BCUT2D eigenvalue weighted by Gasteiger charge is -2.34. The highest BCUT2D eigenvalue weighted by Gasteiger charge is 2.29. The van der Waals surface area contributed by atoms with E-state index in [1.807, 2.05) is 6.33 Å². The molecule has 0 aliphatic heterocycles. The number of carbonyl (C=O) groups excluding carboxylic acids is 1. The molecule has 0 saturated heterocycles. The number of imidazole rings is 1. The first-order valence-electron chi connectivity index (χ1n) is 10.9. The van der Waals surface area contributed by atoms with Crippen molar-refractivity contribution in [2.75, 3.05) is 14.2 Å². The molecular weight excluding hydrogens is 442 g/mol. The van der Waals surface area contributed by atoms with E-state index in [0.29, 0.717) is 5.65 Å². The highest BCUT2D eigenvalue weighted by atomic mass is 32.2. The third-order valence-corrected chi connectivity index (χ3v) is 8.26. The molecule has 1 fully saturated rings. The number of methoxy groups -OCH3 is 1. The molecule has 1 aromatic carbocycles. The Morgan fingerprint density at radius 2 is 1.82 bits per heavy atom. The highest BCUT2D eigenvalue weighted by molar-refractivity contribution is 7.90. The van der Waals surface area contributed by atoms with Crippen molar-refractivity contribution in [3.05, 3.63) is 55.1 Å². The molecule has 1 saturated carbocycles. The van der Waals surface area contributed by atoms with Gasteiger partial charge < -0.3 is 14.2 Å². The number of pyridine rings is 1. The Bertz CT molecular complexity index is 1420. The third-order valence-electron chi connectivity index (χ3n) is 6.58. The molecule has 1 aliphatic rings. The average molecular weight is 468 g/mol. The zero-order valence-electron chi connectivity index (χ0n) is 18.5. The minimum atomic E-state index is -3.76. The van der Waals surface area contributed by atoms with Gasteiger partial charge in [-0.1, -0.05) is 18.2 Å². The molecule has 0 N–H and O–H groups in total. The molecule has 9 nitrogen and oxygen atoms in total. The normalized spacial score (nSPS) is 19.1. The second-order valence-corrected chi connectivity index (χ2v) is 10.2. The van der Waals surface area contributed by atoms with Crippen LogP contribution in [0.1, 0.15) is 31.7 Å². The number of amides is 1. The number of rotatable bonds is 4. The van der Waals surface area contributed by atoms with Crippen LogP contribution in [0.2, 0.25) is 0 Å². The van der Waals surface area contributed by atoms with Crippen molar-refractivity contribution in [2.45, 2.75) is 42.7 Å². The van der Waals surface area contributed by atoms with Gasteiger partial charge in [-0.3, -0.25) is 0 Å². The maximum atomic E-state index is 13.2. The molecule has 0 bridgehead atoms. The Labute approximate surface area is 191 Å². The predicted octanol–water partition coefficient (Wildman–Crippen LogP) is 3.80. The quantitative estimate of drug-likeness (QED) is 0.453. The second kappa shape index (κ2) is 8.18. The molecule has 5 rings (SSSR count). The summed E-state index contributed by atoms with van der Waals surface area (Å²) in [5.41, 5.74) is 1.99.